The van der Waals surface area contributed by atoms with Crippen LogP contribution in [0.5, 0.6) is 23.0 Å². The van der Waals surface area contributed by atoms with Crippen LogP contribution in [0.2, 0.25) is 10.0 Å². The minimum Gasteiger partial charge on any atom is -0.506 e. The van der Waals surface area contributed by atoms with E-state index in [0.29, 0.717) is 0 Å². The van der Waals surface area contributed by atoms with Crippen molar-refractivity contribution < 1.29 is 25.2 Å². The average molecular weight is 329 g/mol. The van der Waals surface area contributed by atoms with Crippen molar-refractivity contribution in [2.75, 3.05) is 0 Å². The van der Waals surface area contributed by atoms with Crippen molar-refractivity contribution in [1.29, 1.82) is 0 Å². The molecule has 7 heteroatoms. The first kappa shape index (κ1) is 15.3. The van der Waals surface area contributed by atoms with E-state index in [9.17, 15) is 25.2 Å². The quantitative estimate of drug-likeness (QED) is 0.500. The Kier molecular flexibility index (Phi) is 3.89. The molecule has 0 aliphatic heterocycles. The van der Waals surface area contributed by atoms with E-state index in [1.165, 1.54) is 13.0 Å². The van der Waals surface area contributed by atoms with Gasteiger partial charge in [0.15, 0.2) is 17.3 Å². The summed E-state index contributed by atoms with van der Waals surface area (Å²) in [6.07, 6.45) is 0. The Morgan fingerprint density at radius 2 is 1.48 bits per heavy atom. The summed E-state index contributed by atoms with van der Waals surface area (Å²) in [6, 6.07) is 3.40. The number of hydrogen-bond acceptors (Lipinski definition) is 5. The second-order valence-electron chi connectivity index (χ2n) is 4.36. The average Bonchev–Trinajstić information content (AvgIpc) is 2.46. The maximum Gasteiger partial charge on any atom is 0.196 e. The molecule has 2 aromatic rings. The summed E-state index contributed by atoms with van der Waals surface area (Å²) >= 11 is 11.8. The molecule has 0 fully saturated rings. The molecular weight excluding hydrogens is 319 g/mol. The Labute approximate surface area is 129 Å². The minimum atomic E-state index is -0.717. The number of benzene rings is 2. The molecule has 0 atom stereocenters. The summed E-state index contributed by atoms with van der Waals surface area (Å²) in [4.78, 5) is 12.4. The molecule has 0 saturated heterocycles. The van der Waals surface area contributed by atoms with Gasteiger partial charge in [0.05, 0.1) is 15.6 Å². The zero-order chi connectivity index (χ0) is 15.9. The molecule has 2 aromatic carbocycles. The van der Waals surface area contributed by atoms with Gasteiger partial charge in [0.1, 0.15) is 11.5 Å². The lowest BCUT2D eigenvalue weighted by Gasteiger charge is -2.12. The largest absolute Gasteiger partial charge is 0.506 e. The molecule has 21 heavy (non-hydrogen) atoms. The molecule has 0 radical (unpaired) electrons. The highest BCUT2D eigenvalue weighted by Crippen LogP contribution is 2.44. The minimum absolute atomic E-state index is 0.0169. The molecule has 0 aromatic heterocycles. The van der Waals surface area contributed by atoms with Crippen LogP contribution >= 0.6 is 23.2 Å². The van der Waals surface area contributed by atoms with E-state index in [2.05, 4.69) is 0 Å². The van der Waals surface area contributed by atoms with Crippen LogP contribution in [-0.2, 0) is 0 Å². The second-order valence-corrected chi connectivity index (χ2v) is 5.11. The molecule has 0 spiro atoms. The van der Waals surface area contributed by atoms with E-state index in [1.54, 1.807) is 0 Å². The lowest BCUT2D eigenvalue weighted by Crippen LogP contribution is -2.04. The highest BCUT2D eigenvalue weighted by molar-refractivity contribution is 6.42. The van der Waals surface area contributed by atoms with Crippen LogP contribution in [0.4, 0.5) is 0 Å². The van der Waals surface area contributed by atoms with Gasteiger partial charge in [0, 0.05) is 11.1 Å². The Morgan fingerprint density at radius 3 is 1.95 bits per heavy atom. The summed E-state index contributed by atoms with van der Waals surface area (Å²) in [5.74, 6) is -2.51. The zero-order valence-corrected chi connectivity index (χ0v) is 12.2. The third-order valence-electron chi connectivity index (χ3n) is 3.03. The van der Waals surface area contributed by atoms with Crippen LogP contribution in [0.3, 0.4) is 0 Å². The van der Waals surface area contributed by atoms with Gasteiger partial charge >= 0.3 is 0 Å². The van der Waals surface area contributed by atoms with Crippen molar-refractivity contribution in [2.24, 2.45) is 0 Å². The number of rotatable bonds is 2. The van der Waals surface area contributed by atoms with E-state index in [4.69, 9.17) is 23.2 Å². The lowest BCUT2D eigenvalue weighted by atomic mass is 10.00. The number of aromatic hydroxyl groups is 4. The summed E-state index contributed by atoms with van der Waals surface area (Å²) in [7, 11) is 0. The predicted molar refractivity (Wildman–Crippen MR) is 77.7 cm³/mol. The monoisotopic (exact) mass is 328 g/mol. The molecule has 110 valence electrons. The standard InChI is InChI=1S/C14H10Cl2O5/c1-5-12(19)10(15)9(11(16)13(5)20)14(21)6-2-3-7(17)8(18)4-6/h2-4,17-20H,1H3. The topological polar surface area (TPSA) is 98.0 Å². The molecule has 2 rings (SSSR count). The smallest absolute Gasteiger partial charge is 0.196 e. The van der Waals surface area contributed by atoms with Gasteiger partial charge in [0.25, 0.3) is 0 Å². The summed E-state index contributed by atoms with van der Waals surface area (Å²) in [5.41, 5.74) is -0.254. The van der Waals surface area contributed by atoms with Gasteiger partial charge in [-0.15, -0.1) is 0 Å². The number of carbonyl (C=O) groups is 1. The van der Waals surface area contributed by atoms with Gasteiger partial charge in [-0.2, -0.15) is 0 Å². The van der Waals surface area contributed by atoms with Gasteiger partial charge < -0.3 is 20.4 Å². The Bertz CT molecular complexity index is 727. The van der Waals surface area contributed by atoms with Gasteiger partial charge in [-0.05, 0) is 25.1 Å². The Balaban J connectivity index is 2.66. The highest BCUT2D eigenvalue weighted by Gasteiger charge is 2.25. The Morgan fingerprint density at radius 1 is 0.952 bits per heavy atom. The van der Waals surface area contributed by atoms with Crippen LogP contribution in [0.1, 0.15) is 21.5 Å². The normalized spacial score (nSPS) is 10.6. The number of phenols is 4. The lowest BCUT2D eigenvalue weighted by molar-refractivity contribution is 0.103. The van der Waals surface area contributed by atoms with Crippen molar-refractivity contribution in [1.82, 2.24) is 0 Å². The first-order valence-electron chi connectivity index (χ1n) is 5.71. The van der Waals surface area contributed by atoms with Gasteiger partial charge in [-0.1, -0.05) is 23.2 Å². The van der Waals surface area contributed by atoms with Crippen molar-refractivity contribution in [3.63, 3.8) is 0 Å². The van der Waals surface area contributed by atoms with E-state index < -0.39 is 28.8 Å². The van der Waals surface area contributed by atoms with Crippen LogP contribution in [-0.4, -0.2) is 26.2 Å². The van der Waals surface area contributed by atoms with Gasteiger partial charge in [-0.25, -0.2) is 0 Å². The van der Waals surface area contributed by atoms with Gasteiger partial charge in [0.2, 0.25) is 0 Å². The third-order valence-corrected chi connectivity index (χ3v) is 3.77. The van der Waals surface area contributed by atoms with E-state index >= 15 is 0 Å². The molecule has 0 amide bonds. The molecule has 0 unspecified atom stereocenters. The SMILES string of the molecule is Cc1c(O)c(Cl)c(C(=O)c2ccc(O)c(O)c2)c(Cl)c1O. The van der Waals surface area contributed by atoms with Crippen molar-refractivity contribution in [3.8, 4) is 23.0 Å². The molecular formula is C14H10Cl2O5. The summed E-state index contributed by atoms with van der Waals surface area (Å²) in [5, 5.41) is 37.7. The van der Waals surface area contributed by atoms with Crippen molar-refractivity contribution in [2.45, 2.75) is 6.92 Å². The van der Waals surface area contributed by atoms with Crippen LogP contribution in [0.15, 0.2) is 18.2 Å². The number of hydrogen-bond donors (Lipinski definition) is 4. The predicted octanol–water partition coefficient (Wildman–Crippen LogP) is 3.36. The number of phenolic OH excluding ortho intramolecular Hbond substituents is 4. The van der Waals surface area contributed by atoms with Crippen molar-refractivity contribution in [3.05, 3.63) is 44.9 Å². The molecule has 0 bridgehead atoms. The van der Waals surface area contributed by atoms with E-state index in [-0.39, 0.29) is 26.7 Å². The summed E-state index contributed by atoms with van der Waals surface area (Å²) < 4.78 is 0. The molecule has 0 heterocycles. The highest BCUT2D eigenvalue weighted by atomic mass is 35.5. The third kappa shape index (κ3) is 2.46. The van der Waals surface area contributed by atoms with Crippen LogP contribution in [0.25, 0.3) is 0 Å². The van der Waals surface area contributed by atoms with Crippen LogP contribution < -0.4 is 0 Å². The Hall–Kier alpha value is -2.11. The molecule has 0 saturated carbocycles. The first-order valence-corrected chi connectivity index (χ1v) is 6.47. The maximum absolute atomic E-state index is 12.4. The molecule has 0 aliphatic rings. The molecule has 5 nitrogen and oxygen atoms in total. The van der Waals surface area contributed by atoms with Gasteiger partial charge in [-0.3, -0.25) is 4.79 Å². The number of halogens is 2. The van der Waals surface area contributed by atoms with Crippen LogP contribution in [0, 0.1) is 6.92 Å². The van der Waals surface area contributed by atoms with E-state index in [0.717, 1.165) is 12.1 Å². The molecule has 0 aliphatic carbocycles. The van der Waals surface area contributed by atoms with Crippen molar-refractivity contribution >= 4 is 29.0 Å². The molecule has 4 N–H and O–H groups in total. The number of carbonyl (C=O) groups excluding carboxylic acids is 1. The number of ketones is 1. The fourth-order valence-electron chi connectivity index (χ4n) is 1.78. The fraction of sp³-hybridized carbons (Fsp3) is 0.0714. The second kappa shape index (κ2) is 5.35. The zero-order valence-electron chi connectivity index (χ0n) is 10.7. The maximum atomic E-state index is 12.4. The van der Waals surface area contributed by atoms with E-state index in [1.807, 2.05) is 0 Å². The summed E-state index contributed by atoms with van der Waals surface area (Å²) in [6.45, 7) is 1.39. The fourth-order valence-corrected chi connectivity index (χ4v) is 2.48. The first-order chi connectivity index (χ1) is 9.75.